The molecule has 4 heteroatoms. The van der Waals surface area contributed by atoms with E-state index >= 15 is 0 Å². The Hall–Kier alpha value is -1.52. The second kappa shape index (κ2) is 7.31. The molecule has 0 atom stereocenters. The summed E-state index contributed by atoms with van der Waals surface area (Å²) in [6.07, 6.45) is 0. The van der Waals surface area contributed by atoms with Gasteiger partial charge in [0.25, 0.3) is 0 Å². The molecule has 0 aliphatic heterocycles. The van der Waals surface area contributed by atoms with Crippen LogP contribution >= 0.6 is 15.9 Å². The summed E-state index contributed by atoms with van der Waals surface area (Å²) >= 11 is 3.41. The zero-order valence-corrected chi connectivity index (χ0v) is 13.0. The predicted molar refractivity (Wildman–Crippen MR) is 84.2 cm³/mol. The number of ether oxygens (including phenoxy) is 2. The highest BCUT2D eigenvalue weighted by molar-refractivity contribution is 9.10. The van der Waals surface area contributed by atoms with Crippen LogP contribution in [0, 0.1) is 6.92 Å². The molecular formula is C16H18BrNO2. The zero-order chi connectivity index (χ0) is 14.4. The summed E-state index contributed by atoms with van der Waals surface area (Å²) < 4.78 is 12.4. The van der Waals surface area contributed by atoms with E-state index in [9.17, 15) is 0 Å². The number of hydrogen-bond donors (Lipinski definition) is 1. The average Bonchev–Trinajstić information content (AvgIpc) is 2.45. The van der Waals surface area contributed by atoms with E-state index in [2.05, 4.69) is 15.9 Å². The Morgan fingerprint density at radius 3 is 2.55 bits per heavy atom. The van der Waals surface area contributed by atoms with Gasteiger partial charge in [-0.25, -0.2) is 0 Å². The monoisotopic (exact) mass is 335 g/mol. The van der Waals surface area contributed by atoms with Crippen molar-refractivity contribution >= 4 is 15.9 Å². The molecule has 2 aromatic carbocycles. The van der Waals surface area contributed by atoms with E-state index in [1.807, 2.05) is 49.4 Å². The molecule has 0 radical (unpaired) electrons. The van der Waals surface area contributed by atoms with Crippen LogP contribution in [0.5, 0.6) is 11.5 Å². The van der Waals surface area contributed by atoms with Crippen molar-refractivity contribution < 1.29 is 9.47 Å². The van der Waals surface area contributed by atoms with Crippen molar-refractivity contribution in [3.05, 3.63) is 58.1 Å². The molecule has 0 aromatic heterocycles. The van der Waals surface area contributed by atoms with E-state index in [1.165, 1.54) is 0 Å². The standard InChI is InChI=1S/C16H18BrNO2/c1-12-4-2-5-13(11-18)16(12)20-9-8-19-15-7-3-6-14(17)10-15/h2-7,10H,8-9,11,18H2,1H3. The summed E-state index contributed by atoms with van der Waals surface area (Å²) in [5, 5.41) is 0. The molecule has 0 saturated carbocycles. The van der Waals surface area contributed by atoms with Gasteiger partial charge in [0.1, 0.15) is 24.7 Å². The summed E-state index contributed by atoms with van der Waals surface area (Å²) in [5.74, 6) is 1.69. The van der Waals surface area contributed by atoms with Gasteiger partial charge in [0.15, 0.2) is 0 Å². The molecule has 0 fully saturated rings. The lowest BCUT2D eigenvalue weighted by Crippen LogP contribution is -2.11. The van der Waals surface area contributed by atoms with Crippen molar-refractivity contribution in [1.82, 2.24) is 0 Å². The number of hydrogen-bond acceptors (Lipinski definition) is 3. The topological polar surface area (TPSA) is 44.5 Å². The van der Waals surface area contributed by atoms with Crippen LogP contribution in [-0.4, -0.2) is 13.2 Å². The Bertz CT molecular complexity index is 572. The van der Waals surface area contributed by atoms with Gasteiger partial charge < -0.3 is 15.2 Å². The summed E-state index contributed by atoms with van der Waals surface area (Å²) in [6.45, 7) is 3.48. The molecule has 0 heterocycles. The highest BCUT2D eigenvalue weighted by Gasteiger charge is 2.05. The van der Waals surface area contributed by atoms with Crippen LogP contribution in [0.1, 0.15) is 11.1 Å². The fraction of sp³-hybridized carbons (Fsp3) is 0.250. The molecule has 2 aromatic rings. The van der Waals surface area contributed by atoms with Crippen LogP contribution in [0.2, 0.25) is 0 Å². The second-order valence-electron chi connectivity index (χ2n) is 4.42. The van der Waals surface area contributed by atoms with Gasteiger partial charge in [-0.1, -0.05) is 40.2 Å². The second-order valence-corrected chi connectivity index (χ2v) is 5.34. The SMILES string of the molecule is Cc1cccc(CN)c1OCCOc1cccc(Br)c1. The smallest absolute Gasteiger partial charge is 0.126 e. The number of benzene rings is 2. The third-order valence-corrected chi connectivity index (χ3v) is 3.40. The maximum absolute atomic E-state index is 5.79. The van der Waals surface area contributed by atoms with E-state index in [0.29, 0.717) is 19.8 Å². The summed E-state index contributed by atoms with van der Waals surface area (Å²) in [4.78, 5) is 0. The van der Waals surface area contributed by atoms with Gasteiger partial charge in [-0.05, 0) is 30.7 Å². The van der Waals surface area contributed by atoms with Crippen molar-refractivity contribution in [2.45, 2.75) is 13.5 Å². The minimum Gasteiger partial charge on any atom is -0.490 e. The van der Waals surface area contributed by atoms with Crippen LogP contribution in [0.25, 0.3) is 0 Å². The van der Waals surface area contributed by atoms with Crippen LogP contribution in [0.4, 0.5) is 0 Å². The number of aryl methyl sites for hydroxylation is 1. The summed E-state index contributed by atoms with van der Waals surface area (Å²) in [7, 11) is 0. The highest BCUT2D eigenvalue weighted by atomic mass is 79.9. The molecule has 3 nitrogen and oxygen atoms in total. The molecule has 0 amide bonds. The Morgan fingerprint density at radius 2 is 1.80 bits per heavy atom. The van der Waals surface area contributed by atoms with Gasteiger partial charge in [0, 0.05) is 16.6 Å². The number of rotatable bonds is 6. The molecule has 0 spiro atoms. The lowest BCUT2D eigenvalue weighted by atomic mass is 10.1. The van der Waals surface area contributed by atoms with Crippen LogP contribution in [0.15, 0.2) is 46.9 Å². The minimum absolute atomic E-state index is 0.476. The van der Waals surface area contributed by atoms with Gasteiger partial charge in [0.05, 0.1) is 0 Å². The molecule has 0 bridgehead atoms. The number of nitrogens with two attached hydrogens (primary N) is 1. The Kier molecular flexibility index (Phi) is 5.44. The molecule has 0 saturated heterocycles. The normalized spacial score (nSPS) is 10.3. The van der Waals surface area contributed by atoms with Crippen molar-refractivity contribution in [1.29, 1.82) is 0 Å². The first-order valence-electron chi connectivity index (χ1n) is 6.50. The van der Waals surface area contributed by atoms with E-state index in [4.69, 9.17) is 15.2 Å². The first-order valence-corrected chi connectivity index (χ1v) is 7.29. The maximum atomic E-state index is 5.79. The molecule has 0 unspecified atom stereocenters. The van der Waals surface area contributed by atoms with Crippen molar-refractivity contribution in [3.63, 3.8) is 0 Å². The third kappa shape index (κ3) is 3.99. The third-order valence-electron chi connectivity index (χ3n) is 2.91. The van der Waals surface area contributed by atoms with Crippen LogP contribution in [-0.2, 0) is 6.54 Å². The predicted octanol–water partition coefficient (Wildman–Crippen LogP) is 3.67. The van der Waals surface area contributed by atoms with Crippen molar-refractivity contribution in [3.8, 4) is 11.5 Å². The van der Waals surface area contributed by atoms with Crippen LogP contribution < -0.4 is 15.2 Å². The van der Waals surface area contributed by atoms with Crippen LogP contribution in [0.3, 0.4) is 0 Å². The average molecular weight is 336 g/mol. The van der Waals surface area contributed by atoms with Crippen molar-refractivity contribution in [2.75, 3.05) is 13.2 Å². The zero-order valence-electron chi connectivity index (χ0n) is 11.4. The largest absolute Gasteiger partial charge is 0.490 e. The molecule has 0 aliphatic carbocycles. The van der Waals surface area contributed by atoms with Gasteiger partial charge in [0.2, 0.25) is 0 Å². The highest BCUT2D eigenvalue weighted by Crippen LogP contribution is 2.23. The van der Waals surface area contributed by atoms with E-state index < -0.39 is 0 Å². The fourth-order valence-electron chi connectivity index (χ4n) is 1.94. The molecule has 2 rings (SSSR count). The van der Waals surface area contributed by atoms with Gasteiger partial charge in [-0.3, -0.25) is 0 Å². The van der Waals surface area contributed by atoms with Gasteiger partial charge in [-0.15, -0.1) is 0 Å². The van der Waals surface area contributed by atoms with E-state index in [1.54, 1.807) is 0 Å². The van der Waals surface area contributed by atoms with E-state index in [0.717, 1.165) is 27.1 Å². The molecule has 20 heavy (non-hydrogen) atoms. The Labute approximate surface area is 127 Å². The lowest BCUT2D eigenvalue weighted by Gasteiger charge is -2.13. The first kappa shape index (κ1) is 14.9. The first-order chi connectivity index (χ1) is 9.70. The van der Waals surface area contributed by atoms with E-state index in [-0.39, 0.29) is 0 Å². The Morgan fingerprint density at radius 1 is 1.05 bits per heavy atom. The molecule has 106 valence electrons. The fourth-order valence-corrected chi connectivity index (χ4v) is 2.32. The van der Waals surface area contributed by atoms with Gasteiger partial charge >= 0.3 is 0 Å². The quantitative estimate of drug-likeness (QED) is 0.819. The molecule has 2 N–H and O–H groups in total. The Balaban J connectivity index is 1.87. The minimum atomic E-state index is 0.476. The molecule has 0 aliphatic rings. The summed E-state index contributed by atoms with van der Waals surface area (Å²) in [6, 6.07) is 13.7. The number of halogens is 1. The molecular weight excluding hydrogens is 318 g/mol. The maximum Gasteiger partial charge on any atom is 0.126 e. The number of para-hydroxylation sites is 1. The summed E-state index contributed by atoms with van der Waals surface area (Å²) in [5.41, 5.74) is 7.83. The van der Waals surface area contributed by atoms with Gasteiger partial charge in [-0.2, -0.15) is 0 Å². The lowest BCUT2D eigenvalue weighted by molar-refractivity contribution is 0.215. The van der Waals surface area contributed by atoms with Crippen molar-refractivity contribution in [2.24, 2.45) is 5.73 Å².